The van der Waals surface area contributed by atoms with Gasteiger partial charge < -0.3 is 9.64 Å². The molecule has 4 heteroatoms. The lowest BCUT2D eigenvalue weighted by atomic mass is 9.94. The summed E-state index contributed by atoms with van der Waals surface area (Å²) in [5, 5.41) is 0. The van der Waals surface area contributed by atoms with Gasteiger partial charge in [-0.1, -0.05) is 0 Å². The molecule has 0 saturated carbocycles. The van der Waals surface area contributed by atoms with Gasteiger partial charge in [-0.3, -0.25) is 0 Å². The molecule has 1 saturated heterocycles. The summed E-state index contributed by atoms with van der Waals surface area (Å²) in [6.07, 6.45) is 1.73. The minimum Gasteiger partial charge on any atom is -0.447 e. The normalized spacial score (nSPS) is 23.6. The summed E-state index contributed by atoms with van der Waals surface area (Å²) in [5.74, 6) is 0. The van der Waals surface area contributed by atoms with Crippen LogP contribution < -0.4 is 0 Å². The molecule has 0 amide bonds. The van der Waals surface area contributed by atoms with Crippen molar-refractivity contribution < 1.29 is 9.53 Å². The molecule has 3 nitrogen and oxygen atoms in total. The Morgan fingerprint density at radius 3 is 2.42 bits per heavy atom. The Morgan fingerprint density at radius 2 is 2.00 bits per heavy atom. The topological polar surface area (TPSA) is 29.5 Å². The van der Waals surface area contributed by atoms with Gasteiger partial charge in [0.25, 0.3) is 0 Å². The molecule has 12 heavy (non-hydrogen) atoms. The molecule has 0 aromatic rings. The number of rotatable bonds is 1. The highest BCUT2D eigenvalue weighted by atomic mass is 35.5. The Bertz CT molecular complexity index is 176. The van der Waals surface area contributed by atoms with E-state index in [1.807, 2.05) is 6.92 Å². The number of ether oxygens (including phenoxy) is 1. The summed E-state index contributed by atoms with van der Waals surface area (Å²) in [4.78, 5) is 12.7. The van der Waals surface area contributed by atoms with Gasteiger partial charge in [0, 0.05) is 24.7 Å². The van der Waals surface area contributed by atoms with Crippen LogP contribution in [-0.2, 0) is 4.74 Å². The smallest absolute Gasteiger partial charge is 0.404 e. The van der Waals surface area contributed by atoms with Crippen LogP contribution in [0.3, 0.4) is 0 Å². The molecular weight excluding hydrogens is 178 g/mol. The first-order valence-electron chi connectivity index (χ1n) is 4.09. The molecule has 1 rings (SSSR count). The fourth-order valence-electron chi connectivity index (χ4n) is 1.39. The number of likely N-dealkylation sites (tertiary alicyclic amines) is 1. The van der Waals surface area contributed by atoms with Crippen molar-refractivity contribution >= 4 is 17.0 Å². The van der Waals surface area contributed by atoms with Crippen LogP contribution in [0.1, 0.15) is 19.8 Å². The van der Waals surface area contributed by atoms with Gasteiger partial charge in [0.1, 0.15) is 5.60 Å². The van der Waals surface area contributed by atoms with E-state index in [1.54, 1.807) is 0 Å². The highest BCUT2D eigenvalue weighted by Gasteiger charge is 2.31. The lowest BCUT2D eigenvalue weighted by molar-refractivity contribution is -0.00563. The highest BCUT2D eigenvalue weighted by molar-refractivity contribution is 6.61. The van der Waals surface area contributed by atoms with Gasteiger partial charge in [-0.05, 0) is 26.8 Å². The lowest BCUT2D eigenvalue weighted by Crippen LogP contribution is -2.42. The number of halogens is 1. The van der Waals surface area contributed by atoms with Crippen molar-refractivity contribution in [1.82, 2.24) is 4.90 Å². The third-order valence-electron chi connectivity index (χ3n) is 2.37. The average Bonchev–Trinajstić information content (AvgIpc) is 1.94. The molecule has 0 unspecified atom stereocenters. The van der Waals surface area contributed by atoms with E-state index in [0.717, 1.165) is 25.9 Å². The Balaban J connectivity index is 2.44. The van der Waals surface area contributed by atoms with Crippen LogP contribution >= 0.6 is 11.6 Å². The lowest BCUT2D eigenvalue weighted by Gasteiger charge is -2.36. The van der Waals surface area contributed by atoms with E-state index >= 15 is 0 Å². The summed E-state index contributed by atoms with van der Waals surface area (Å²) >= 11 is 5.16. The molecular formula is C8H14ClNO2. The average molecular weight is 192 g/mol. The number of carbonyl (C=O) groups excluding carboxylic acids is 1. The Morgan fingerprint density at radius 1 is 1.50 bits per heavy atom. The quantitative estimate of drug-likeness (QED) is 0.593. The molecule has 0 aromatic carbocycles. The second kappa shape index (κ2) is 3.62. The molecule has 1 aliphatic heterocycles. The molecule has 0 spiro atoms. The van der Waals surface area contributed by atoms with Crippen LogP contribution in [0.5, 0.6) is 0 Å². The van der Waals surface area contributed by atoms with Crippen molar-refractivity contribution in [2.45, 2.75) is 25.4 Å². The third kappa shape index (κ3) is 2.64. The van der Waals surface area contributed by atoms with Gasteiger partial charge in [0.2, 0.25) is 0 Å². The van der Waals surface area contributed by atoms with Crippen LogP contribution in [0.15, 0.2) is 0 Å². The largest absolute Gasteiger partial charge is 0.447 e. The van der Waals surface area contributed by atoms with Crippen LogP contribution in [0, 0.1) is 0 Å². The first-order chi connectivity index (χ1) is 5.52. The highest BCUT2D eigenvalue weighted by Crippen LogP contribution is 2.25. The molecule has 0 aromatic heterocycles. The predicted molar refractivity (Wildman–Crippen MR) is 47.5 cm³/mol. The molecule has 0 aliphatic carbocycles. The van der Waals surface area contributed by atoms with Gasteiger partial charge in [-0.25, -0.2) is 4.79 Å². The van der Waals surface area contributed by atoms with E-state index in [1.165, 1.54) is 0 Å². The van der Waals surface area contributed by atoms with Gasteiger partial charge in [-0.2, -0.15) is 0 Å². The summed E-state index contributed by atoms with van der Waals surface area (Å²) in [6, 6.07) is 0. The fraction of sp³-hybridized carbons (Fsp3) is 0.875. The van der Waals surface area contributed by atoms with Gasteiger partial charge in [0.05, 0.1) is 0 Å². The van der Waals surface area contributed by atoms with Crippen LogP contribution in [0.2, 0.25) is 0 Å². The molecule has 0 bridgehead atoms. The predicted octanol–water partition coefficient (Wildman–Crippen LogP) is 1.85. The maximum Gasteiger partial charge on any atom is 0.404 e. The Labute approximate surface area is 77.6 Å². The number of hydrogen-bond acceptors (Lipinski definition) is 3. The van der Waals surface area contributed by atoms with E-state index in [0.29, 0.717) is 0 Å². The maximum atomic E-state index is 10.5. The third-order valence-corrected chi connectivity index (χ3v) is 2.45. The Kier molecular flexibility index (Phi) is 2.96. The Hall–Kier alpha value is -0.280. The van der Waals surface area contributed by atoms with E-state index in [9.17, 15) is 4.79 Å². The second-order valence-corrected chi connectivity index (χ2v) is 3.90. The van der Waals surface area contributed by atoms with Crippen molar-refractivity contribution in [1.29, 1.82) is 0 Å². The van der Waals surface area contributed by atoms with Crippen LogP contribution in [0.25, 0.3) is 0 Å². The summed E-state index contributed by atoms with van der Waals surface area (Å²) in [6.45, 7) is 3.85. The maximum absolute atomic E-state index is 10.5. The summed E-state index contributed by atoms with van der Waals surface area (Å²) in [7, 11) is 2.06. The zero-order chi connectivity index (χ0) is 9.19. The zero-order valence-corrected chi connectivity index (χ0v) is 8.23. The van der Waals surface area contributed by atoms with Crippen molar-refractivity contribution in [3.8, 4) is 0 Å². The molecule has 0 atom stereocenters. The van der Waals surface area contributed by atoms with Gasteiger partial charge in [0.15, 0.2) is 0 Å². The standard InChI is InChI=1S/C8H14ClNO2/c1-8(12-7(9)11)3-5-10(2)6-4-8/h3-6H2,1-2H3. The minimum atomic E-state index is -0.693. The number of hydrogen-bond donors (Lipinski definition) is 0. The monoisotopic (exact) mass is 191 g/mol. The zero-order valence-electron chi connectivity index (χ0n) is 7.47. The molecule has 1 heterocycles. The molecule has 1 fully saturated rings. The van der Waals surface area contributed by atoms with Gasteiger partial charge >= 0.3 is 5.43 Å². The number of nitrogens with zero attached hydrogens (tertiary/aromatic N) is 1. The molecule has 70 valence electrons. The van der Waals surface area contributed by atoms with Crippen LogP contribution in [0.4, 0.5) is 4.79 Å². The van der Waals surface area contributed by atoms with Crippen LogP contribution in [-0.4, -0.2) is 36.1 Å². The van der Waals surface area contributed by atoms with Crippen molar-refractivity contribution in [3.63, 3.8) is 0 Å². The minimum absolute atomic E-state index is 0.342. The van der Waals surface area contributed by atoms with Crippen molar-refractivity contribution in [2.24, 2.45) is 0 Å². The summed E-state index contributed by atoms with van der Waals surface area (Å²) in [5.41, 5.74) is -1.03. The summed E-state index contributed by atoms with van der Waals surface area (Å²) < 4.78 is 5.03. The number of piperidine rings is 1. The SMILES string of the molecule is CN1CCC(C)(OC(=O)Cl)CC1. The van der Waals surface area contributed by atoms with E-state index < -0.39 is 5.43 Å². The van der Waals surface area contributed by atoms with Crippen molar-refractivity contribution in [3.05, 3.63) is 0 Å². The molecule has 0 N–H and O–H groups in total. The molecule has 0 radical (unpaired) electrons. The van der Waals surface area contributed by atoms with E-state index in [4.69, 9.17) is 16.3 Å². The second-order valence-electron chi connectivity index (χ2n) is 3.59. The fourth-order valence-corrected chi connectivity index (χ4v) is 1.57. The first kappa shape index (κ1) is 9.81. The van der Waals surface area contributed by atoms with Crippen molar-refractivity contribution in [2.75, 3.05) is 20.1 Å². The molecule has 1 aliphatic rings. The van der Waals surface area contributed by atoms with E-state index in [2.05, 4.69) is 11.9 Å². The van der Waals surface area contributed by atoms with E-state index in [-0.39, 0.29) is 5.60 Å². The first-order valence-corrected chi connectivity index (χ1v) is 4.47. The number of carbonyl (C=O) groups is 1. The van der Waals surface area contributed by atoms with Gasteiger partial charge in [-0.15, -0.1) is 0 Å².